The first kappa shape index (κ1) is 20.0. The second-order valence-corrected chi connectivity index (χ2v) is 9.24. The Labute approximate surface area is 191 Å². The summed E-state index contributed by atoms with van der Waals surface area (Å²) in [6.45, 7) is 0. The molecule has 1 aliphatic heterocycles. The van der Waals surface area contributed by atoms with Gasteiger partial charge in [0.05, 0.1) is 37.4 Å². The standard InChI is InChI=1S/C26H24N2O5/c1-32-15-6-9-20(21(11-15)33-2)27-24(29)13-4-3-5-14(10-13)28-25(30)22-16-7-8-17(19-12-18(16)19)23(22)26(28)31/h3-11,16-19,22-23H,12H2,1-2H3,(H,27,29)/t16-,17+,18-,19-,22+,23+/m1/s1. The smallest absolute Gasteiger partial charge is 0.255 e. The molecule has 2 aromatic carbocycles. The highest BCUT2D eigenvalue weighted by molar-refractivity contribution is 6.23. The fourth-order valence-corrected chi connectivity index (χ4v) is 6.09. The van der Waals surface area contributed by atoms with Crippen LogP contribution in [0.3, 0.4) is 0 Å². The van der Waals surface area contributed by atoms with Crippen molar-refractivity contribution < 1.29 is 23.9 Å². The number of carbonyl (C=O) groups excluding carboxylic acids is 3. The van der Waals surface area contributed by atoms with Crippen LogP contribution in [0.1, 0.15) is 16.8 Å². The maximum absolute atomic E-state index is 13.4. The average molecular weight is 444 g/mol. The molecule has 4 aliphatic carbocycles. The molecule has 0 aromatic heterocycles. The third-order valence-corrected chi connectivity index (χ3v) is 7.69. The second-order valence-electron chi connectivity index (χ2n) is 9.24. The van der Waals surface area contributed by atoms with Crippen molar-refractivity contribution in [2.24, 2.45) is 35.5 Å². The molecule has 7 rings (SSSR count). The van der Waals surface area contributed by atoms with Crippen molar-refractivity contribution in [3.63, 3.8) is 0 Å². The molecule has 7 heteroatoms. The molecule has 1 heterocycles. The van der Waals surface area contributed by atoms with Crippen LogP contribution in [0.4, 0.5) is 11.4 Å². The number of ether oxygens (including phenoxy) is 2. The minimum Gasteiger partial charge on any atom is -0.497 e. The number of nitrogens with one attached hydrogen (secondary N) is 1. The molecule has 0 spiro atoms. The summed E-state index contributed by atoms with van der Waals surface area (Å²) in [5, 5.41) is 2.84. The Balaban J connectivity index is 1.26. The number of nitrogens with zero attached hydrogens (tertiary/aromatic N) is 1. The number of anilines is 2. The monoisotopic (exact) mass is 444 g/mol. The van der Waals surface area contributed by atoms with Gasteiger partial charge in [-0.1, -0.05) is 18.2 Å². The van der Waals surface area contributed by atoms with E-state index in [9.17, 15) is 14.4 Å². The lowest BCUT2D eigenvalue weighted by Gasteiger charge is -2.37. The van der Waals surface area contributed by atoms with Crippen molar-refractivity contribution in [3.05, 3.63) is 60.2 Å². The van der Waals surface area contributed by atoms with Crippen LogP contribution >= 0.6 is 0 Å². The van der Waals surface area contributed by atoms with Gasteiger partial charge in [0.25, 0.3) is 5.91 Å². The van der Waals surface area contributed by atoms with E-state index in [0.29, 0.717) is 40.3 Å². The minimum absolute atomic E-state index is 0.135. The van der Waals surface area contributed by atoms with Crippen LogP contribution in [-0.2, 0) is 9.59 Å². The zero-order chi connectivity index (χ0) is 22.9. The van der Waals surface area contributed by atoms with Gasteiger partial charge in [0.15, 0.2) is 0 Å². The van der Waals surface area contributed by atoms with E-state index in [1.807, 2.05) is 0 Å². The van der Waals surface area contributed by atoms with Gasteiger partial charge < -0.3 is 14.8 Å². The number of allylic oxidation sites excluding steroid dienone is 2. The number of hydrogen-bond donors (Lipinski definition) is 1. The Morgan fingerprint density at radius 2 is 1.64 bits per heavy atom. The Kier molecular flexibility index (Phi) is 4.37. The lowest BCUT2D eigenvalue weighted by atomic mass is 9.63. The van der Waals surface area contributed by atoms with E-state index in [4.69, 9.17) is 9.47 Å². The van der Waals surface area contributed by atoms with E-state index >= 15 is 0 Å². The summed E-state index contributed by atoms with van der Waals surface area (Å²) >= 11 is 0. The largest absolute Gasteiger partial charge is 0.497 e. The van der Waals surface area contributed by atoms with Crippen molar-refractivity contribution in [2.45, 2.75) is 6.42 Å². The van der Waals surface area contributed by atoms with Crippen molar-refractivity contribution in [1.29, 1.82) is 0 Å². The number of rotatable bonds is 5. The van der Waals surface area contributed by atoms with Gasteiger partial charge in [0, 0.05) is 11.6 Å². The highest BCUT2D eigenvalue weighted by atomic mass is 16.5. The number of hydrogen-bond acceptors (Lipinski definition) is 5. The Morgan fingerprint density at radius 3 is 2.27 bits per heavy atom. The molecule has 2 bridgehead atoms. The van der Waals surface area contributed by atoms with Gasteiger partial charge in [-0.2, -0.15) is 0 Å². The molecule has 6 atom stereocenters. The van der Waals surface area contributed by atoms with Crippen LogP contribution in [0.25, 0.3) is 0 Å². The predicted octanol–water partition coefficient (Wildman–Crippen LogP) is 3.51. The maximum atomic E-state index is 13.4. The fourth-order valence-electron chi connectivity index (χ4n) is 6.09. The Bertz CT molecular complexity index is 1180. The van der Waals surface area contributed by atoms with E-state index in [2.05, 4.69) is 17.5 Å². The van der Waals surface area contributed by atoms with Crippen LogP contribution < -0.4 is 19.7 Å². The zero-order valence-electron chi connectivity index (χ0n) is 18.4. The summed E-state index contributed by atoms with van der Waals surface area (Å²) in [5.41, 5.74) is 1.29. The molecule has 2 aromatic rings. The number of imide groups is 1. The molecule has 0 unspecified atom stereocenters. The van der Waals surface area contributed by atoms with Gasteiger partial charge in [0.1, 0.15) is 11.5 Å². The van der Waals surface area contributed by atoms with Crippen LogP contribution in [0.2, 0.25) is 0 Å². The molecule has 5 aliphatic rings. The minimum atomic E-state index is -0.361. The molecule has 1 saturated heterocycles. The topological polar surface area (TPSA) is 84.9 Å². The van der Waals surface area contributed by atoms with Crippen LogP contribution in [0, 0.1) is 35.5 Å². The molecule has 3 amide bonds. The van der Waals surface area contributed by atoms with Gasteiger partial charge >= 0.3 is 0 Å². The van der Waals surface area contributed by atoms with Crippen LogP contribution in [-0.4, -0.2) is 31.9 Å². The number of benzene rings is 2. The summed E-state index contributed by atoms with van der Waals surface area (Å²) in [5.74, 6) is 1.35. The molecule has 33 heavy (non-hydrogen) atoms. The van der Waals surface area contributed by atoms with Crippen LogP contribution in [0.5, 0.6) is 11.5 Å². The van der Waals surface area contributed by atoms with E-state index in [0.717, 1.165) is 6.42 Å². The van der Waals surface area contributed by atoms with Gasteiger partial charge in [-0.15, -0.1) is 0 Å². The Morgan fingerprint density at radius 1 is 0.939 bits per heavy atom. The molecular weight excluding hydrogens is 420 g/mol. The van der Waals surface area contributed by atoms with Crippen molar-refractivity contribution in [3.8, 4) is 11.5 Å². The fraction of sp³-hybridized carbons (Fsp3) is 0.346. The third-order valence-electron chi connectivity index (χ3n) is 7.69. The number of methoxy groups -OCH3 is 2. The summed E-state index contributed by atoms with van der Waals surface area (Å²) < 4.78 is 10.5. The molecule has 7 nitrogen and oxygen atoms in total. The summed E-state index contributed by atoms with van der Waals surface area (Å²) in [6, 6.07) is 11.8. The van der Waals surface area contributed by atoms with E-state index in [1.165, 1.54) is 12.0 Å². The van der Waals surface area contributed by atoms with E-state index in [1.54, 1.807) is 49.6 Å². The SMILES string of the molecule is COc1ccc(NC(=O)c2cccc(N3C(=O)[C@H]4[C@@H]5C=C[C@@H]([C@H]6C[C@H]56)[C@@H]4C3=O)c2)c(OC)c1. The normalized spacial score (nSPS) is 30.7. The molecule has 0 radical (unpaired) electrons. The third kappa shape index (κ3) is 2.91. The Hall–Kier alpha value is -3.61. The first-order valence-corrected chi connectivity index (χ1v) is 11.2. The summed E-state index contributed by atoms with van der Waals surface area (Å²) in [4.78, 5) is 41.0. The van der Waals surface area contributed by atoms with Gasteiger partial charge in [-0.25, -0.2) is 4.90 Å². The quantitative estimate of drug-likeness (QED) is 0.564. The molecule has 168 valence electrons. The van der Waals surface area contributed by atoms with Crippen molar-refractivity contribution >= 4 is 29.1 Å². The first-order valence-electron chi connectivity index (χ1n) is 11.2. The lowest BCUT2D eigenvalue weighted by molar-refractivity contribution is -0.124. The lowest BCUT2D eigenvalue weighted by Crippen LogP contribution is -2.40. The molecular formula is C26H24N2O5. The average Bonchev–Trinajstić information content (AvgIpc) is 3.62. The maximum Gasteiger partial charge on any atom is 0.255 e. The van der Waals surface area contributed by atoms with Crippen molar-refractivity contribution in [2.75, 3.05) is 24.4 Å². The van der Waals surface area contributed by atoms with Gasteiger partial charge in [-0.3, -0.25) is 14.4 Å². The van der Waals surface area contributed by atoms with Crippen LogP contribution in [0.15, 0.2) is 54.6 Å². The molecule has 1 N–H and O–H groups in total. The summed E-state index contributed by atoms with van der Waals surface area (Å²) in [6.07, 6.45) is 5.43. The second kappa shape index (κ2) is 7.20. The zero-order valence-corrected chi connectivity index (χ0v) is 18.4. The highest BCUT2D eigenvalue weighted by Gasteiger charge is 2.67. The number of carbonyl (C=O) groups is 3. The summed E-state index contributed by atoms with van der Waals surface area (Å²) in [7, 11) is 3.07. The molecule has 2 saturated carbocycles. The van der Waals surface area contributed by atoms with E-state index in [-0.39, 0.29) is 41.4 Å². The van der Waals surface area contributed by atoms with Gasteiger partial charge in [-0.05, 0) is 60.4 Å². The van der Waals surface area contributed by atoms with Gasteiger partial charge in [0.2, 0.25) is 11.8 Å². The number of amides is 3. The van der Waals surface area contributed by atoms with E-state index < -0.39 is 0 Å². The predicted molar refractivity (Wildman–Crippen MR) is 121 cm³/mol. The highest BCUT2D eigenvalue weighted by Crippen LogP contribution is 2.65. The van der Waals surface area contributed by atoms with Crippen molar-refractivity contribution in [1.82, 2.24) is 0 Å². The molecule has 3 fully saturated rings. The first-order chi connectivity index (χ1) is 16.0.